The van der Waals surface area contributed by atoms with E-state index in [2.05, 4.69) is 15.3 Å². The van der Waals surface area contributed by atoms with Crippen LogP contribution in [0.3, 0.4) is 0 Å². The fraction of sp³-hybridized carbons (Fsp3) is 0.500. The molecule has 1 aliphatic heterocycles. The summed E-state index contributed by atoms with van der Waals surface area (Å²) in [7, 11) is -3.22. The van der Waals surface area contributed by atoms with Crippen molar-refractivity contribution in [2.75, 3.05) is 11.9 Å². The average Bonchev–Trinajstić information content (AvgIpc) is 3.42. The monoisotopic (exact) mass is 425 g/mol. The van der Waals surface area contributed by atoms with Crippen molar-refractivity contribution in [2.24, 2.45) is 0 Å². The van der Waals surface area contributed by atoms with Gasteiger partial charge in [0.15, 0.2) is 5.13 Å². The molecule has 2 aliphatic rings. The highest BCUT2D eigenvalue weighted by molar-refractivity contribution is 7.90. The topological polar surface area (TPSA) is 134 Å². The first-order chi connectivity index (χ1) is 13.3. The van der Waals surface area contributed by atoms with E-state index in [1.165, 1.54) is 32.5 Å². The molecule has 0 saturated heterocycles. The number of rotatable bonds is 6. The molecule has 2 aromatic rings. The number of thiazole rings is 1. The third-order valence-electron chi connectivity index (χ3n) is 4.72. The van der Waals surface area contributed by atoms with Gasteiger partial charge in [-0.1, -0.05) is 0 Å². The first-order valence-electron chi connectivity index (χ1n) is 8.90. The molecule has 2 N–H and O–H groups in total. The van der Waals surface area contributed by atoms with Gasteiger partial charge in [-0.2, -0.15) is 4.31 Å². The van der Waals surface area contributed by atoms with Crippen molar-refractivity contribution in [1.82, 2.24) is 18.8 Å². The van der Waals surface area contributed by atoms with Gasteiger partial charge in [-0.15, -0.1) is 11.3 Å². The zero-order valence-electron chi connectivity index (χ0n) is 14.9. The molecule has 2 aromatic heterocycles. The summed E-state index contributed by atoms with van der Waals surface area (Å²) in [5, 5.41) is 2.89. The van der Waals surface area contributed by atoms with Crippen molar-refractivity contribution < 1.29 is 13.2 Å². The van der Waals surface area contributed by atoms with Crippen molar-refractivity contribution >= 4 is 32.4 Å². The Labute approximate surface area is 164 Å². The van der Waals surface area contributed by atoms with E-state index in [-0.39, 0.29) is 24.1 Å². The zero-order valence-corrected chi connectivity index (χ0v) is 16.5. The molecular formula is C16H19N5O5S2. The van der Waals surface area contributed by atoms with Gasteiger partial charge in [0, 0.05) is 49.6 Å². The van der Waals surface area contributed by atoms with Crippen LogP contribution in [0.25, 0.3) is 0 Å². The minimum atomic E-state index is -3.22. The van der Waals surface area contributed by atoms with Crippen LogP contribution in [0.4, 0.5) is 5.13 Å². The van der Waals surface area contributed by atoms with Gasteiger partial charge in [-0.05, 0) is 12.8 Å². The molecule has 4 rings (SSSR count). The summed E-state index contributed by atoms with van der Waals surface area (Å²) in [6, 6.07) is 1.22. The summed E-state index contributed by atoms with van der Waals surface area (Å²) in [6.07, 6.45) is 3.37. The van der Waals surface area contributed by atoms with Crippen LogP contribution < -0.4 is 16.6 Å². The third kappa shape index (κ3) is 3.93. The van der Waals surface area contributed by atoms with Gasteiger partial charge >= 0.3 is 5.69 Å². The van der Waals surface area contributed by atoms with Crippen molar-refractivity contribution in [3.8, 4) is 0 Å². The van der Waals surface area contributed by atoms with Crippen LogP contribution in [0.15, 0.2) is 21.9 Å². The molecule has 12 heteroatoms. The Morgan fingerprint density at radius 3 is 2.86 bits per heavy atom. The lowest BCUT2D eigenvalue weighted by Crippen LogP contribution is -2.37. The minimum Gasteiger partial charge on any atom is -0.302 e. The molecule has 28 heavy (non-hydrogen) atoms. The Morgan fingerprint density at radius 1 is 1.36 bits per heavy atom. The standard InChI is InChI=1S/C16H19N5O5S2/c22-13(4-6-20-7-5-14(23)19-16(20)24)18-15-17-11-3-8-21(9-12(11)27-15)28(25,26)10-1-2-10/h5,7,10H,1-4,6,8-9H2,(H,17,18,22)(H,19,23,24). The number of nitrogens with one attached hydrogen (secondary N) is 2. The Hall–Kier alpha value is -2.31. The number of carbonyl (C=O) groups excluding carboxylic acids is 1. The number of H-pyrrole nitrogens is 1. The Morgan fingerprint density at radius 2 is 2.14 bits per heavy atom. The number of nitrogens with zero attached hydrogens (tertiary/aromatic N) is 3. The summed E-state index contributed by atoms with van der Waals surface area (Å²) >= 11 is 1.28. The van der Waals surface area contributed by atoms with E-state index in [0.29, 0.717) is 24.6 Å². The molecule has 1 amide bonds. The van der Waals surface area contributed by atoms with Gasteiger partial charge in [0.2, 0.25) is 15.9 Å². The number of sulfonamides is 1. The summed E-state index contributed by atoms with van der Waals surface area (Å²) in [5.74, 6) is -0.313. The number of hydrogen-bond acceptors (Lipinski definition) is 7. The lowest BCUT2D eigenvalue weighted by Gasteiger charge is -2.25. The van der Waals surface area contributed by atoms with E-state index >= 15 is 0 Å². The number of aromatic amines is 1. The summed E-state index contributed by atoms with van der Waals surface area (Å²) in [4.78, 5) is 42.2. The smallest absolute Gasteiger partial charge is 0.302 e. The van der Waals surface area contributed by atoms with Gasteiger partial charge < -0.3 is 9.88 Å². The first-order valence-corrected chi connectivity index (χ1v) is 11.2. The van der Waals surface area contributed by atoms with E-state index in [4.69, 9.17) is 0 Å². The molecule has 3 heterocycles. The number of carbonyl (C=O) groups is 1. The molecule has 150 valence electrons. The van der Waals surface area contributed by atoms with Crippen LogP contribution in [0, 0.1) is 0 Å². The minimum absolute atomic E-state index is 0.0401. The fourth-order valence-corrected chi connectivity index (χ4v) is 5.97. The van der Waals surface area contributed by atoms with Crippen LogP contribution in [0.2, 0.25) is 0 Å². The van der Waals surface area contributed by atoms with Gasteiger partial charge in [0.1, 0.15) is 0 Å². The number of amides is 1. The molecule has 1 aliphatic carbocycles. The fourth-order valence-electron chi connectivity index (χ4n) is 3.04. The average molecular weight is 425 g/mol. The van der Waals surface area contributed by atoms with Crippen molar-refractivity contribution in [2.45, 2.75) is 44.0 Å². The predicted molar refractivity (Wildman–Crippen MR) is 103 cm³/mol. The number of hydrogen-bond donors (Lipinski definition) is 2. The molecule has 1 saturated carbocycles. The van der Waals surface area contributed by atoms with Crippen LogP contribution >= 0.6 is 11.3 Å². The van der Waals surface area contributed by atoms with E-state index in [1.807, 2.05) is 0 Å². The predicted octanol–water partition coefficient (Wildman–Crippen LogP) is -0.128. The van der Waals surface area contributed by atoms with Gasteiger partial charge in [-0.3, -0.25) is 14.6 Å². The van der Waals surface area contributed by atoms with Gasteiger partial charge in [0.05, 0.1) is 10.9 Å². The second-order valence-corrected chi connectivity index (χ2v) is 10.1. The summed E-state index contributed by atoms with van der Waals surface area (Å²) < 4.78 is 27.6. The maximum atomic E-state index is 12.4. The molecule has 0 atom stereocenters. The summed E-state index contributed by atoms with van der Waals surface area (Å²) in [5.41, 5.74) is -0.238. The lowest BCUT2D eigenvalue weighted by molar-refractivity contribution is -0.116. The largest absolute Gasteiger partial charge is 0.328 e. The Balaban J connectivity index is 1.37. The molecule has 10 nitrogen and oxygen atoms in total. The van der Waals surface area contributed by atoms with Crippen molar-refractivity contribution in [1.29, 1.82) is 0 Å². The highest BCUT2D eigenvalue weighted by Crippen LogP contribution is 2.35. The Bertz CT molecular complexity index is 1130. The molecule has 0 aromatic carbocycles. The highest BCUT2D eigenvalue weighted by atomic mass is 32.2. The normalized spacial score (nSPS) is 17.3. The molecule has 0 unspecified atom stereocenters. The second kappa shape index (κ2) is 7.26. The summed E-state index contributed by atoms with van der Waals surface area (Å²) in [6.45, 7) is 0.840. The maximum Gasteiger partial charge on any atom is 0.328 e. The van der Waals surface area contributed by atoms with Crippen molar-refractivity contribution in [3.05, 3.63) is 43.7 Å². The molecule has 0 bridgehead atoms. The Kier molecular flexibility index (Phi) is 4.93. The van der Waals surface area contributed by atoms with E-state index in [9.17, 15) is 22.8 Å². The van der Waals surface area contributed by atoms with Crippen molar-refractivity contribution in [3.63, 3.8) is 0 Å². The quantitative estimate of drug-likeness (QED) is 0.662. The zero-order chi connectivity index (χ0) is 19.9. The van der Waals surface area contributed by atoms with Crippen LogP contribution in [-0.4, -0.2) is 45.0 Å². The molecule has 0 radical (unpaired) electrons. The number of aromatic nitrogens is 3. The number of fused-ring (bicyclic) bond motifs is 1. The van der Waals surface area contributed by atoms with Crippen LogP contribution in [0.1, 0.15) is 29.8 Å². The number of aryl methyl sites for hydroxylation is 1. The van der Waals surface area contributed by atoms with E-state index in [1.54, 1.807) is 0 Å². The van der Waals surface area contributed by atoms with E-state index in [0.717, 1.165) is 23.4 Å². The lowest BCUT2D eigenvalue weighted by atomic mass is 10.2. The first kappa shape index (κ1) is 19.0. The molecular weight excluding hydrogens is 406 g/mol. The van der Waals surface area contributed by atoms with Gasteiger partial charge in [-0.25, -0.2) is 18.2 Å². The van der Waals surface area contributed by atoms with Crippen LogP contribution in [-0.2, 0) is 34.3 Å². The highest BCUT2D eigenvalue weighted by Gasteiger charge is 2.41. The van der Waals surface area contributed by atoms with Gasteiger partial charge in [0.25, 0.3) is 5.56 Å². The van der Waals surface area contributed by atoms with Crippen LogP contribution in [0.5, 0.6) is 0 Å². The third-order valence-corrected chi connectivity index (χ3v) is 8.07. The maximum absolute atomic E-state index is 12.4. The SMILES string of the molecule is O=C(CCn1ccc(=O)[nH]c1=O)Nc1nc2c(s1)CN(S(=O)(=O)C1CC1)CC2. The van der Waals surface area contributed by atoms with E-state index < -0.39 is 21.3 Å². The number of anilines is 1. The molecule has 0 spiro atoms. The second-order valence-electron chi connectivity index (χ2n) is 6.82. The molecule has 1 fully saturated rings.